The number of nitrogens with zero attached hydrogens (tertiary/aromatic N) is 3. The van der Waals surface area contributed by atoms with Gasteiger partial charge in [0.2, 0.25) is 11.8 Å². The Bertz CT molecular complexity index is 985. The molecule has 2 saturated heterocycles. The number of H-pyrrole nitrogens is 1. The molecule has 0 bridgehead atoms. The molecule has 2 N–H and O–H groups in total. The van der Waals surface area contributed by atoms with Crippen LogP contribution in [0.2, 0.25) is 0 Å². The second kappa shape index (κ2) is 5.67. The van der Waals surface area contributed by atoms with E-state index in [9.17, 15) is 9.59 Å². The van der Waals surface area contributed by atoms with Crippen LogP contribution in [0.3, 0.4) is 0 Å². The molecule has 4 aliphatic heterocycles. The number of carbonyl (C=O) groups excluding carboxylic acids is 2. The molecule has 1 aromatic carbocycles. The van der Waals surface area contributed by atoms with Gasteiger partial charge in [0.15, 0.2) is 0 Å². The first-order valence-corrected chi connectivity index (χ1v) is 10.2. The number of hydrogen-bond acceptors (Lipinski definition) is 4. The number of anilines is 1. The van der Waals surface area contributed by atoms with E-state index in [1.54, 1.807) is 6.33 Å². The molecule has 0 saturated carbocycles. The third kappa shape index (κ3) is 1.95. The number of nitrogens with one attached hydrogen (secondary N) is 2. The molecule has 5 heterocycles. The zero-order valence-electron chi connectivity index (χ0n) is 15.6. The monoisotopic (exact) mass is 377 g/mol. The summed E-state index contributed by atoms with van der Waals surface area (Å²) < 4.78 is 0. The lowest BCUT2D eigenvalue weighted by atomic mass is 9.78. The molecule has 28 heavy (non-hydrogen) atoms. The number of hydrogen-bond donors (Lipinski definition) is 2. The van der Waals surface area contributed by atoms with Gasteiger partial charge in [0.1, 0.15) is 5.54 Å². The van der Waals surface area contributed by atoms with Crippen LogP contribution in [0.5, 0.6) is 0 Å². The molecule has 2 aromatic rings. The van der Waals surface area contributed by atoms with Crippen LogP contribution < -0.4 is 5.32 Å². The Morgan fingerprint density at radius 3 is 3.07 bits per heavy atom. The summed E-state index contributed by atoms with van der Waals surface area (Å²) >= 11 is 0. The predicted octanol–water partition coefficient (Wildman–Crippen LogP) is 1.63. The molecule has 2 amide bonds. The molecule has 3 atom stereocenters. The smallest absolute Gasteiger partial charge is 0.250 e. The number of para-hydroxylation sites is 1. The summed E-state index contributed by atoms with van der Waals surface area (Å²) in [6.07, 6.45) is 5.37. The molecule has 0 radical (unpaired) electrons. The van der Waals surface area contributed by atoms with E-state index in [1.165, 1.54) is 0 Å². The van der Waals surface area contributed by atoms with Crippen molar-refractivity contribution in [3.63, 3.8) is 0 Å². The third-order valence-corrected chi connectivity index (χ3v) is 7.16. The summed E-state index contributed by atoms with van der Waals surface area (Å²) in [7, 11) is 0. The van der Waals surface area contributed by atoms with Crippen molar-refractivity contribution >= 4 is 17.5 Å². The number of fused-ring (bicyclic) bond motifs is 5. The number of aromatic amines is 1. The Morgan fingerprint density at radius 1 is 1.25 bits per heavy atom. The van der Waals surface area contributed by atoms with Crippen LogP contribution in [0.1, 0.15) is 36.2 Å². The van der Waals surface area contributed by atoms with E-state index in [2.05, 4.69) is 20.2 Å². The molecule has 6 rings (SSSR count). The fourth-order valence-corrected chi connectivity index (χ4v) is 5.98. The molecule has 7 nitrogen and oxygen atoms in total. The summed E-state index contributed by atoms with van der Waals surface area (Å²) in [5.41, 5.74) is 3.04. The number of benzene rings is 1. The molecule has 1 spiro atoms. The van der Waals surface area contributed by atoms with Gasteiger partial charge >= 0.3 is 0 Å². The Labute approximate surface area is 163 Å². The number of aromatic nitrogens is 2. The summed E-state index contributed by atoms with van der Waals surface area (Å²) in [4.78, 5) is 38.9. The maximum absolute atomic E-state index is 13.8. The van der Waals surface area contributed by atoms with Gasteiger partial charge in [0.25, 0.3) is 0 Å². The van der Waals surface area contributed by atoms with Crippen LogP contribution in [0.15, 0.2) is 30.6 Å². The molecule has 2 fully saturated rings. The van der Waals surface area contributed by atoms with Crippen LogP contribution in [-0.4, -0.2) is 50.7 Å². The normalized spacial score (nSPS) is 31.0. The highest BCUT2D eigenvalue weighted by Gasteiger charge is 2.65. The Hall–Kier alpha value is -2.67. The van der Waals surface area contributed by atoms with Crippen LogP contribution >= 0.6 is 0 Å². The van der Waals surface area contributed by atoms with Crippen molar-refractivity contribution in [1.82, 2.24) is 19.8 Å². The number of imidazole rings is 1. The molecule has 4 aliphatic rings. The van der Waals surface area contributed by atoms with Crippen molar-refractivity contribution < 1.29 is 9.59 Å². The average molecular weight is 377 g/mol. The lowest BCUT2D eigenvalue weighted by Gasteiger charge is -2.38. The molecular formula is C21H23N5O2. The highest BCUT2D eigenvalue weighted by atomic mass is 16.2. The molecule has 0 aliphatic carbocycles. The minimum Gasteiger partial charge on any atom is -0.347 e. The minimum atomic E-state index is -0.858. The van der Waals surface area contributed by atoms with E-state index in [0.29, 0.717) is 19.1 Å². The molecular weight excluding hydrogens is 354 g/mol. The molecule has 0 unspecified atom stereocenters. The van der Waals surface area contributed by atoms with Crippen molar-refractivity contribution in [1.29, 1.82) is 0 Å². The van der Waals surface area contributed by atoms with Gasteiger partial charge in [0.05, 0.1) is 30.2 Å². The van der Waals surface area contributed by atoms with Gasteiger partial charge in [-0.05, 0) is 31.9 Å². The lowest BCUT2D eigenvalue weighted by Crippen LogP contribution is -2.55. The van der Waals surface area contributed by atoms with Crippen molar-refractivity contribution in [2.24, 2.45) is 5.92 Å². The first kappa shape index (κ1) is 16.3. The Balaban J connectivity index is 1.43. The number of amides is 2. The summed E-state index contributed by atoms with van der Waals surface area (Å²) in [6.45, 7) is 2.09. The standard InChI is InChI=1S/C21H23N5O2/c27-19(25-9-7-17-18(11-25)23-12-22-17)15-10-13-4-3-8-26(13)21(15)14-5-1-2-6-16(14)24-20(21)28/h1-2,5-6,12-13,15H,3-4,7-11H2,(H,22,23)(H,24,28)/t13-,15+,21+/m1/s1. The molecule has 1 aromatic heterocycles. The highest BCUT2D eigenvalue weighted by molar-refractivity contribution is 6.09. The van der Waals surface area contributed by atoms with Gasteiger partial charge in [-0.1, -0.05) is 18.2 Å². The fourth-order valence-electron chi connectivity index (χ4n) is 5.98. The summed E-state index contributed by atoms with van der Waals surface area (Å²) in [5.74, 6) is -0.275. The zero-order chi connectivity index (χ0) is 18.9. The fraction of sp³-hybridized carbons (Fsp3) is 0.476. The van der Waals surface area contributed by atoms with E-state index >= 15 is 0 Å². The summed E-state index contributed by atoms with van der Waals surface area (Å²) in [6, 6.07) is 8.19. The van der Waals surface area contributed by atoms with E-state index in [0.717, 1.165) is 54.9 Å². The molecule has 7 heteroatoms. The van der Waals surface area contributed by atoms with Crippen molar-refractivity contribution in [3.05, 3.63) is 47.5 Å². The van der Waals surface area contributed by atoms with Crippen LogP contribution in [0.25, 0.3) is 0 Å². The van der Waals surface area contributed by atoms with Crippen LogP contribution in [0, 0.1) is 5.92 Å². The van der Waals surface area contributed by atoms with Crippen molar-refractivity contribution in [3.8, 4) is 0 Å². The highest BCUT2D eigenvalue weighted by Crippen LogP contribution is 2.55. The zero-order valence-corrected chi connectivity index (χ0v) is 15.6. The van der Waals surface area contributed by atoms with E-state index in [4.69, 9.17) is 0 Å². The Morgan fingerprint density at radius 2 is 2.14 bits per heavy atom. The topological polar surface area (TPSA) is 81.3 Å². The van der Waals surface area contributed by atoms with Crippen LogP contribution in [0.4, 0.5) is 5.69 Å². The number of rotatable bonds is 1. The number of carbonyl (C=O) groups is 2. The minimum absolute atomic E-state index is 0.0318. The van der Waals surface area contributed by atoms with E-state index in [-0.39, 0.29) is 17.7 Å². The van der Waals surface area contributed by atoms with Gasteiger partial charge in [-0.25, -0.2) is 4.98 Å². The largest absolute Gasteiger partial charge is 0.347 e. The second-order valence-corrected chi connectivity index (χ2v) is 8.38. The van der Waals surface area contributed by atoms with Gasteiger partial charge in [0, 0.05) is 30.3 Å². The SMILES string of the molecule is O=C([C@@H]1C[C@H]2CCCN2[C@]12C(=O)Nc1ccccc12)N1CCc2nc[nH]c2C1. The average Bonchev–Trinajstić information content (AvgIpc) is 3.46. The van der Waals surface area contributed by atoms with Crippen molar-refractivity contribution in [2.75, 3.05) is 18.4 Å². The van der Waals surface area contributed by atoms with E-state index < -0.39 is 5.54 Å². The summed E-state index contributed by atoms with van der Waals surface area (Å²) in [5, 5.41) is 3.07. The Kier molecular flexibility index (Phi) is 3.30. The molecule has 144 valence electrons. The maximum Gasteiger partial charge on any atom is 0.250 e. The van der Waals surface area contributed by atoms with Gasteiger partial charge in [-0.2, -0.15) is 0 Å². The van der Waals surface area contributed by atoms with Crippen LogP contribution in [-0.2, 0) is 28.1 Å². The maximum atomic E-state index is 13.8. The lowest BCUT2D eigenvalue weighted by molar-refractivity contribution is -0.145. The first-order chi connectivity index (χ1) is 13.7. The van der Waals surface area contributed by atoms with Gasteiger partial charge < -0.3 is 15.2 Å². The van der Waals surface area contributed by atoms with Crippen molar-refractivity contribution in [2.45, 2.75) is 43.8 Å². The quantitative estimate of drug-likeness (QED) is 0.791. The van der Waals surface area contributed by atoms with Gasteiger partial charge in [-0.15, -0.1) is 0 Å². The third-order valence-electron chi connectivity index (χ3n) is 7.16. The van der Waals surface area contributed by atoms with Gasteiger partial charge in [-0.3, -0.25) is 14.5 Å². The second-order valence-electron chi connectivity index (χ2n) is 8.38. The first-order valence-electron chi connectivity index (χ1n) is 10.2. The van der Waals surface area contributed by atoms with E-state index in [1.807, 2.05) is 29.2 Å². The predicted molar refractivity (Wildman–Crippen MR) is 102 cm³/mol.